The van der Waals surface area contributed by atoms with Gasteiger partial charge in [0.2, 0.25) is 0 Å². The summed E-state index contributed by atoms with van der Waals surface area (Å²) in [6.07, 6.45) is 1.84. The number of nitrogens with one attached hydrogen (secondary N) is 1. The second kappa shape index (κ2) is 2.73. The molecule has 0 radical (unpaired) electrons. The van der Waals surface area contributed by atoms with E-state index in [2.05, 4.69) is 17.3 Å². The number of hydrogen-bond donors (Lipinski definition) is 2. The van der Waals surface area contributed by atoms with Crippen molar-refractivity contribution >= 4 is 0 Å². The van der Waals surface area contributed by atoms with E-state index in [9.17, 15) is 5.11 Å². The van der Waals surface area contributed by atoms with Gasteiger partial charge < -0.3 is 10.4 Å². The predicted molar refractivity (Wildman–Crippen MR) is 43.4 cm³/mol. The molecule has 2 heterocycles. The highest BCUT2D eigenvalue weighted by Crippen LogP contribution is 2.23. The predicted octanol–water partition coefficient (Wildman–Crippen LogP) is -0.587. The topological polar surface area (TPSA) is 35.5 Å². The maximum absolute atomic E-state index is 9.48. The Hall–Kier alpha value is -0.120. The van der Waals surface area contributed by atoms with E-state index >= 15 is 0 Å². The quantitative estimate of drug-likeness (QED) is 0.492. The molecular weight excluding hydrogens is 140 g/mol. The number of aliphatic hydroxyl groups is 1. The number of piperidine rings is 1. The van der Waals surface area contributed by atoms with E-state index in [1.165, 1.54) is 0 Å². The number of fused-ring (bicyclic) bond motifs is 2. The fraction of sp³-hybridized carbons (Fsp3) is 1.00. The van der Waals surface area contributed by atoms with Crippen LogP contribution in [0.25, 0.3) is 0 Å². The van der Waals surface area contributed by atoms with Gasteiger partial charge >= 0.3 is 0 Å². The molecule has 64 valence electrons. The number of aliphatic hydroxyl groups excluding tert-OH is 1. The van der Waals surface area contributed by atoms with Gasteiger partial charge in [-0.1, -0.05) is 0 Å². The van der Waals surface area contributed by atoms with Crippen molar-refractivity contribution in [2.45, 2.75) is 31.0 Å². The van der Waals surface area contributed by atoms with Crippen LogP contribution in [0.1, 0.15) is 12.8 Å². The molecule has 11 heavy (non-hydrogen) atoms. The molecule has 0 amide bonds. The van der Waals surface area contributed by atoms with Crippen molar-refractivity contribution in [2.75, 3.05) is 20.1 Å². The van der Waals surface area contributed by atoms with E-state index in [0.717, 1.165) is 25.9 Å². The zero-order chi connectivity index (χ0) is 7.84. The molecule has 0 aromatic carbocycles. The summed E-state index contributed by atoms with van der Waals surface area (Å²) in [6, 6.07) is 1.13. The molecule has 2 aliphatic rings. The fourth-order valence-corrected chi connectivity index (χ4v) is 2.23. The van der Waals surface area contributed by atoms with Crippen molar-refractivity contribution in [3.63, 3.8) is 0 Å². The third-order valence-corrected chi connectivity index (χ3v) is 3.00. The van der Waals surface area contributed by atoms with Crippen LogP contribution in [0.3, 0.4) is 0 Å². The van der Waals surface area contributed by atoms with Crippen LogP contribution in [0.4, 0.5) is 0 Å². The first-order chi connectivity index (χ1) is 5.27. The summed E-state index contributed by atoms with van der Waals surface area (Å²) in [5, 5.41) is 12.9. The Morgan fingerprint density at radius 3 is 2.36 bits per heavy atom. The van der Waals surface area contributed by atoms with Crippen molar-refractivity contribution in [3.8, 4) is 0 Å². The Kier molecular flexibility index (Phi) is 1.87. The lowest BCUT2D eigenvalue weighted by Crippen LogP contribution is -2.60. The van der Waals surface area contributed by atoms with Gasteiger partial charge in [-0.3, -0.25) is 4.90 Å². The number of hydrogen-bond acceptors (Lipinski definition) is 3. The number of piperazine rings is 1. The summed E-state index contributed by atoms with van der Waals surface area (Å²) in [7, 11) is 2.17. The smallest absolute Gasteiger partial charge is 0.0571 e. The largest absolute Gasteiger partial charge is 0.393 e. The molecule has 0 spiro atoms. The van der Waals surface area contributed by atoms with Crippen LogP contribution in [0.2, 0.25) is 0 Å². The van der Waals surface area contributed by atoms with Crippen molar-refractivity contribution < 1.29 is 5.11 Å². The summed E-state index contributed by atoms with van der Waals surface area (Å²) < 4.78 is 0. The molecule has 2 aliphatic heterocycles. The summed E-state index contributed by atoms with van der Waals surface area (Å²) >= 11 is 0. The molecule has 0 aromatic rings. The third-order valence-electron chi connectivity index (χ3n) is 3.00. The maximum atomic E-state index is 9.48. The molecule has 2 atom stereocenters. The number of likely N-dealkylation sites (N-methyl/N-ethyl adjacent to an activating group) is 1. The van der Waals surface area contributed by atoms with Gasteiger partial charge in [-0.05, 0) is 19.9 Å². The molecule has 2 N–H and O–H groups in total. The van der Waals surface area contributed by atoms with E-state index in [1.807, 2.05) is 0 Å². The van der Waals surface area contributed by atoms with Crippen LogP contribution < -0.4 is 5.32 Å². The van der Waals surface area contributed by atoms with Crippen molar-refractivity contribution in [3.05, 3.63) is 0 Å². The summed E-state index contributed by atoms with van der Waals surface area (Å²) in [5.74, 6) is 0. The van der Waals surface area contributed by atoms with Gasteiger partial charge in [-0.2, -0.15) is 0 Å². The van der Waals surface area contributed by atoms with E-state index in [0.29, 0.717) is 12.1 Å². The molecule has 2 saturated heterocycles. The van der Waals surface area contributed by atoms with Gasteiger partial charge in [0.05, 0.1) is 6.10 Å². The minimum atomic E-state index is -0.0525. The zero-order valence-corrected chi connectivity index (χ0v) is 6.95. The molecular formula is C8H16N2O. The normalized spacial score (nSPS) is 45.8. The Bertz CT molecular complexity index is 137. The lowest BCUT2D eigenvalue weighted by atomic mass is 9.91. The van der Waals surface area contributed by atoms with Crippen LogP contribution in [-0.2, 0) is 0 Å². The summed E-state index contributed by atoms with van der Waals surface area (Å²) in [4.78, 5) is 2.41. The minimum absolute atomic E-state index is 0.0525. The van der Waals surface area contributed by atoms with Gasteiger partial charge in [0.1, 0.15) is 0 Å². The zero-order valence-electron chi connectivity index (χ0n) is 6.95. The molecule has 2 rings (SSSR count). The summed E-state index contributed by atoms with van der Waals surface area (Å²) in [5.41, 5.74) is 0. The first kappa shape index (κ1) is 7.53. The SMILES string of the molecule is CN1C2CNCC1CC(O)C2. The Morgan fingerprint density at radius 2 is 1.82 bits per heavy atom. The second-order valence-electron chi connectivity index (χ2n) is 3.76. The van der Waals surface area contributed by atoms with E-state index in [1.54, 1.807) is 0 Å². The van der Waals surface area contributed by atoms with Crippen LogP contribution in [0.15, 0.2) is 0 Å². The lowest BCUT2D eigenvalue weighted by Gasteiger charge is -2.45. The number of nitrogens with zero attached hydrogens (tertiary/aromatic N) is 1. The highest BCUT2D eigenvalue weighted by atomic mass is 16.3. The molecule has 0 aromatic heterocycles. The average molecular weight is 156 g/mol. The molecule has 2 fully saturated rings. The van der Waals surface area contributed by atoms with Crippen LogP contribution >= 0.6 is 0 Å². The molecule has 0 saturated carbocycles. The molecule has 3 nitrogen and oxygen atoms in total. The first-order valence-electron chi connectivity index (χ1n) is 4.38. The molecule has 2 bridgehead atoms. The van der Waals surface area contributed by atoms with E-state index in [-0.39, 0.29) is 6.10 Å². The summed E-state index contributed by atoms with van der Waals surface area (Å²) in [6.45, 7) is 2.09. The van der Waals surface area contributed by atoms with Crippen molar-refractivity contribution in [1.29, 1.82) is 0 Å². The lowest BCUT2D eigenvalue weighted by molar-refractivity contribution is -0.00165. The number of rotatable bonds is 0. The van der Waals surface area contributed by atoms with Crippen LogP contribution in [0, 0.1) is 0 Å². The fourth-order valence-electron chi connectivity index (χ4n) is 2.23. The Labute approximate surface area is 67.4 Å². The van der Waals surface area contributed by atoms with Gasteiger partial charge in [0, 0.05) is 25.2 Å². The first-order valence-corrected chi connectivity index (χ1v) is 4.38. The molecule has 2 unspecified atom stereocenters. The third kappa shape index (κ3) is 1.28. The van der Waals surface area contributed by atoms with Gasteiger partial charge in [-0.25, -0.2) is 0 Å². The van der Waals surface area contributed by atoms with Crippen LogP contribution in [0.5, 0.6) is 0 Å². The van der Waals surface area contributed by atoms with E-state index < -0.39 is 0 Å². The van der Waals surface area contributed by atoms with Crippen LogP contribution in [-0.4, -0.2) is 48.3 Å². The molecule has 3 heteroatoms. The minimum Gasteiger partial charge on any atom is -0.393 e. The highest BCUT2D eigenvalue weighted by molar-refractivity contribution is 4.92. The maximum Gasteiger partial charge on any atom is 0.0571 e. The monoisotopic (exact) mass is 156 g/mol. The Balaban J connectivity index is 2.07. The highest BCUT2D eigenvalue weighted by Gasteiger charge is 2.34. The second-order valence-corrected chi connectivity index (χ2v) is 3.76. The average Bonchev–Trinajstić information content (AvgIpc) is 1.92. The van der Waals surface area contributed by atoms with Gasteiger partial charge in [0.15, 0.2) is 0 Å². The van der Waals surface area contributed by atoms with E-state index in [4.69, 9.17) is 0 Å². The van der Waals surface area contributed by atoms with Gasteiger partial charge in [0.25, 0.3) is 0 Å². The molecule has 0 aliphatic carbocycles. The van der Waals surface area contributed by atoms with Gasteiger partial charge in [-0.15, -0.1) is 0 Å². The van der Waals surface area contributed by atoms with Crippen molar-refractivity contribution in [2.24, 2.45) is 0 Å². The standard InChI is InChI=1S/C8H16N2O/c1-10-6-2-8(11)3-7(10)5-9-4-6/h6-9,11H,2-5H2,1H3. The van der Waals surface area contributed by atoms with Crippen molar-refractivity contribution in [1.82, 2.24) is 10.2 Å². The Morgan fingerprint density at radius 1 is 1.27 bits per heavy atom.